The van der Waals surface area contributed by atoms with Crippen LogP contribution in [0.4, 0.5) is 0 Å². The maximum Gasteiger partial charge on any atom is 0.113 e. The predicted molar refractivity (Wildman–Crippen MR) is 99.3 cm³/mol. The van der Waals surface area contributed by atoms with E-state index in [0.717, 1.165) is 31.8 Å². The van der Waals surface area contributed by atoms with Crippen molar-refractivity contribution in [2.45, 2.75) is 44.4 Å². The molecule has 25 heavy (non-hydrogen) atoms. The topological polar surface area (TPSA) is 39.7 Å². The van der Waals surface area contributed by atoms with Crippen LogP contribution in [0.25, 0.3) is 0 Å². The van der Waals surface area contributed by atoms with Gasteiger partial charge in [0.05, 0.1) is 11.9 Å². The van der Waals surface area contributed by atoms with Crippen molar-refractivity contribution in [1.29, 1.82) is 0 Å². The summed E-state index contributed by atoms with van der Waals surface area (Å²) in [7, 11) is 1.72. The van der Waals surface area contributed by atoms with Gasteiger partial charge in [-0.05, 0) is 36.5 Å². The molecule has 0 saturated heterocycles. The van der Waals surface area contributed by atoms with E-state index in [2.05, 4.69) is 29.6 Å². The number of ether oxygens (including phenoxy) is 3. The Balaban J connectivity index is 1.54. The first-order valence-corrected chi connectivity index (χ1v) is 9.25. The lowest BCUT2D eigenvalue weighted by atomic mass is 10.0. The second kappa shape index (κ2) is 9.76. The van der Waals surface area contributed by atoms with E-state index in [1.807, 2.05) is 18.2 Å². The minimum Gasteiger partial charge on any atom is -0.493 e. The third kappa shape index (κ3) is 6.65. The Kier molecular flexibility index (Phi) is 7.10. The molecule has 3 rings (SSSR count). The molecule has 0 aliphatic heterocycles. The molecule has 4 nitrogen and oxygen atoms in total. The molecule has 0 radical (unpaired) electrons. The molecule has 2 aliphatic carbocycles. The van der Waals surface area contributed by atoms with E-state index >= 15 is 0 Å². The summed E-state index contributed by atoms with van der Waals surface area (Å²) >= 11 is 0. The van der Waals surface area contributed by atoms with Gasteiger partial charge in [0.2, 0.25) is 0 Å². The summed E-state index contributed by atoms with van der Waals surface area (Å²) in [5.41, 5.74) is 2.45. The highest BCUT2D eigenvalue weighted by molar-refractivity contribution is 5.29. The van der Waals surface area contributed by atoms with Crippen LogP contribution in [0.15, 0.2) is 53.8 Å². The van der Waals surface area contributed by atoms with Crippen molar-refractivity contribution >= 4 is 0 Å². The average molecular weight is 343 g/mol. The van der Waals surface area contributed by atoms with E-state index in [0.29, 0.717) is 19.3 Å². The van der Waals surface area contributed by atoms with E-state index in [4.69, 9.17) is 14.2 Å². The van der Waals surface area contributed by atoms with Crippen LogP contribution in [0.5, 0.6) is 0 Å². The molecule has 0 aromatic heterocycles. The zero-order valence-electron chi connectivity index (χ0n) is 15.1. The molecule has 0 amide bonds. The molecule has 1 aromatic rings. The first-order valence-electron chi connectivity index (χ1n) is 9.25. The fraction of sp³-hybridized carbons (Fsp3) is 0.524. The number of hydrogen-bond donors (Lipinski definition) is 1. The third-order valence-corrected chi connectivity index (χ3v) is 4.41. The highest BCUT2D eigenvalue weighted by Crippen LogP contribution is 2.24. The Morgan fingerprint density at radius 1 is 1.12 bits per heavy atom. The Morgan fingerprint density at radius 3 is 2.72 bits per heavy atom. The zero-order chi connectivity index (χ0) is 17.3. The molecule has 1 atom stereocenters. The molecule has 2 aliphatic rings. The molecule has 136 valence electrons. The van der Waals surface area contributed by atoms with Gasteiger partial charge in [0.25, 0.3) is 0 Å². The number of benzene rings is 1. The van der Waals surface area contributed by atoms with Gasteiger partial charge < -0.3 is 19.5 Å². The highest BCUT2D eigenvalue weighted by atomic mass is 16.5. The summed E-state index contributed by atoms with van der Waals surface area (Å²) in [4.78, 5) is 0. The highest BCUT2D eigenvalue weighted by Gasteiger charge is 2.22. The van der Waals surface area contributed by atoms with Gasteiger partial charge in [0.1, 0.15) is 6.61 Å². The van der Waals surface area contributed by atoms with Crippen LogP contribution in [0.2, 0.25) is 0 Å². The normalized spacial score (nSPS) is 20.1. The molecule has 1 fully saturated rings. The number of rotatable bonds is 11. The smallest absolute Gasteiger partial charge is 0.113 e. The van der Waals surface area contributed by atoms with Crippen LogP contribution in [-0.4, -0.2) is 39.0 Å². The lowest BCUT2D eigenvalue weighted by molar-refractivity contribution is 0.0519. The van der Waals surface area contributed by atoms with Crippen LogP contribution in [0, 0.1) is 0 Å². The predicted octanol–water partition coefficient (Wildman–Crippen LogP) is 3.59. The molecule has 0 bridgehead atoms. The Hall–Kier alpha value is -1.62. The van der Waals surface area contributed by atoms with Crippen LogP contribution >= 0.6 is 0 Å². The van der Waals surface area contributed by atoms with E-state index in [1.165, 1.54) is 24.0 Å². The summed E-state index contributed by atoms with van der Waals surface area (Å²) < 4.78 is 17.2. The largest absolute Gasteiger partial charge is 0.493 e. The molecule has 0 heterocycles. The van der Waals surface area contributed by atoms with E-state index in [9.17, 15) is 0 Å². The second-order valence-corrected chi connectivity index (χ2v) is 6.74. The molecule has 1 N–H and O–H groups in total. The molecule has 0 spiro atoms. The van der Waals surface area contributed by atoms with Crippen LogP contribution in [-0.2, 0) is 20.8 Å². The van der Waals surface area contributed by atoms with Crippen molar-refractivity contribution in [1.82, 2.24) is 5.32 Å². The summed E-state index contributed by atoms with van der Waals surface area (Å²) in [6, 6.07) is 11.0. The Morgan fingerprint density at radius 2 is 1.96 bits per heavy atom. The first kappa shape index (κ1) is 18.2. The van der Waals surface area contributed by atoms with Crippen molar-refractivity contribution in [2.75, 3.05) is 26.9 Å². The van der Waals surface area contributed by atoms with Crippen molar-refractivity contribution in [3.8, 4) is 0 Å². The van der Waals surface area contributed by atoms with Gasteiger partial charge >= 0.3 is 0 Å². The zero-order valence-corrected chi connectivity index (χ0v) is 15.1. The fourth-order valence-corrected chi connectivity index (χ4v) is 2.87. The standard InChI is InChI=1S/C21H29NO3/c1-23-10-5-11-24-20-12-18(15-22-19-8-9-19)13-21(14-20)25-16-17-6-3-2-4-7-17/h2-4,6-7,12-13,19-20,22H,5,8-11,14-16H2,1H3. The van der Waals surface area contributed by atoms with Gasteiger partial charge in [-0.15, -0.1) is 0 Å². The minimum atomic E-state index is 0.0867. The quantitative estimate of drug-likeness (QED) is 0.623. The van der Waals surface area contributed by atoms with Crippen molar-refractivity contribution in [3.05, 3.63) is 59.4 Å². The fourth-order valence-electron chi connectivity index (χ4n) is 2.87. The monoisotopic (exact) mass is 343 g/mol. The summed E-state index contributed by atoms with van der Waals surface area (Å²) in [6.45, 7) is 2.94. The molecule has 1 saturated carbocycles. The van der Waals surface area contributed by atoms with Crippen LogP contribution < -0.4 is 5.32 Å². The van der Waals surface area contributed by atoms with Crippen LogP contribution in [0.3, 0.4) is 0 Å². The van der Waals surface area contributed by atoms with Crippen LogP contribution in [0.1, 0.15) is 31.2 Å². The summed E-state index contributed by atoms with van der Waals surface area (Å²) in [5.74, 6) is 1.01. The maximum absolute atomic E-state index is 6.07. The van der Waals surface area contributed by atoms with Crippen molar-refractivity contribution in [3.63, 3.8) is 0 Å². The van der Waals surface area contributed by atoms with Crippen molar-refractivity contribution < 1.29 is 14.2 Å². The van der Waals surface area contributed by atoms with Gasteiger partial charge in [0.15, 0.2) is 0 Å². The number of hydrogen-bond acceptors (Lipinski definition) is 4. The van der Waals surface area contributed by atoms with Gasteiger partial charge in [-0.1, -0.05) is 36.4 Å². The SMILES string of the molecule is COCCCOC1C=C(CNC2CC2)C=C(OCc2ccccc2)C1. The van der Waals surface area contributed by atoms with E-state index in [1.54, 1.807) is 7.11 Å². The lowest BCUT2D eigenvalue weighted by Gasteiger charge is -2.23. The Bertz CT molecular complexity index is 578. The van der Waals surface area contributed by atoms with Crippen molar-refractivity contribution in [2.24, 2.45) is 0 Å². The first-order chi connectivity index (χ1) is 12.3. The molecule has 4 heteroatoms. The van der Waals surface area contributed by atoms with E-state index in [-0.39, 0.29) is 6.10 Å². The number of nitrogens with one attached hydrogen (secondary N) is 1. The van der Waals surface area contributed by atoms with Gasteiger partial charge in [-0.3, -0.25) is 0 Å². The molecule has 1 unspecified atom stereocenters. The average Bonchev–Trinajstić information content (AvgIpc) is 3.47. The minimum absolute atomic E-state index is 0.0867. The Labute approximate surface area is 150 Å². The second-order valence-electron chi connectivity index (χ2n) is 6.74. The summed E-state index contributed by atoms with van der Waals surface area (Å²) in [5, 5.41) is 3.57. The maximum atomic E-state index is 6.07. The lowest BCUT2D eigenvalue weighted by Crippen LogP contribution is -2.23. The van der Waals surface area contributed by atoms with E-state index < -0.39 is 0 Å². The molecular weight excluding hydrogens is 314 g/mol. The summed E-state index contributed by atoms with van der Waals surface area (Å²) in [6.07, 6.45) is 8.80. The van der Waals surface area contributed by atoms with Gasteiger partial charge in [-0.2, -0.15) is 0 Å². The molecular formula is C21H29NO3. The van der Waals surface area contributed by atoms with Gasteiger partial charge in [-0.25, -0.2) is 0 Å². The van der Waals surface area contributed by atoms with Gasteiger partial charge in [0, 0.05) is 39.3 Å². The third-order valence-electron chi connectivity index (χ3n) is 4.41. The number of methoxy groups -OCH3 is 1. The molecule has 1 aromatic carbocycles.